The van der Waals surface area contributed by atoms with Gasteiger partial charge in [0.25, 0.3) is 0 Å². The molecule has 0 aliphatic carbocycles. The van der Waals surface area contributed by atoms with Crippen LogP contribution in [-0.4, -0.2) is 42.5 Å². The lowest BCUT2D eigenvalue weighted by molar-refractivity contribution is -0.124. The molecule has 1 heterocycles. The first kappa shape index (κ1) is 14.5. The van der Waals surface area contributed by atoms with Gasteiger partial charge in [-0.1, -0.05) is 13.8 Å². The van der Waals surface area contributed by atoms with Crippen LogP contribution in [0.25, 0.3) is 0 Å². The monoisotopic (exact) mass is 241 g/mol. The first-order valence-corrected chi connectivity index (χ1v) is 6.67. The van der Waals surface area contributed by atoms with E-state index in [0.29, 0.717) is 31.0 Å². The molecule has 1 aliphatic rings. The van der Waals surface area contributed by atoms with Gasteiger partial charge in [0.05, 0.1) is 6.54 Å². The largest absolute Gasteiger partial charge is 0.353 e. The Morgan fingerprint density at radius 2 is 2.12 bits per heavy atom. The third-order valence-corrected chi connectivity index (χ3v) is 3.48. The van der Waals surface area contributed by atoms with Crippen LogP contribution < -0.4 is 11.1 Å². The fraction of sp³-hybridized carbons (Fsp3) is 0.923. The number of likely N-dealkylation sites (tertiary alicyclic amines) is 1. The summed E-state index contributed by atoms with van der Waals surface area (Å²) >= 11 is 0. The Bertz CT molecular complexity index is 255. The van der Waals surface area contributed by atoms with E-state index in [1.807, 2.05) is 13.8 Å². The molecule has 1 fully saturated rings. The van der Waals surface area contributed by atoms with Crippen molar-refractivity contribution in [2.24, 2.45) is 17.6 Å². The Morgan fingerprint density at radius 1 is 1.47 bits per heavy atom. The van der Waals surface area contributed by atoms with E-state index in [4.69, 9.17) is 5.73 Å². The highest BCUT2D eigenvalue weighted by Gasteiger charge is 2.31. The molecular weight excluding hydrogens is 214 g/mol. The van der Waals surface area contributed by atoms with Crippen molar-refractivity contribution in [2.45, 2.75) is 46.2 Å². The Morgan fingerprint density at radius 3 is 2.65 bits per heavy atom. The van der Waals surface area contributed by atoms with Crippen LogP contribution in [0.4, 0.5) is 0 Å². The number of rotatable bonds is 4. The van der Waals surface area contributed by atoms with Crippen LogP contribution in [0.2, 0.25) is 0 Å². The van der Waals surface area contributed by atoms with Crippen molar-refractivity contribution in [1.29, 1.82) is 0 Å². The van der Waals surface area contributed by atoms with E-state index in [1.54, 1.807) is 0 Å². The molecule has 4 heteroatoms. The fourth-order valence-electron chi connectivity index (χ4n) is 2.88. The fourth-order valence-corrected chi connectivity index (χ4v) is 2.88. The van der Waals surface area contributed by atoms with E-state index >= 15 is 0 Å². The number of carbonyl (C=O) groups is 1. The van der Waals surface area contributed by atoms with E-state index in [1.165, 1.54) is 6.42 Å². The summed E-state index contributed by atoms with van der Waals surface area (Å²) in [5.74, 6) is 1.34. The predicted octanol–water partition coefficient (Wildman–Crippen LogP) is 0.816. The predicted molar refractivity (Wildman–Crippen MR) is 70.6 cm³/mol. The minimum Gasteiger partial charge on any atom is -0.353 e. The Kier molecular flexibility index (Phi) is 5.40. The molecule has 17 heavy (non-hydrogen) atoms. The van der Waals surface area contributed by atoms with E-state index in [2.05, 4.69) is 24.1 Å². The third kappa shape index (κ3) is 4.28. The lowest BCUT2D eigenvalue weighted by Gasteiger charge is -2.42. The first-order valence-electron chi connectivity index (χ1n) is 6.67. The molecule has 1 amide bonds. The van der Waals surface area contributed by atoms with Gasteiger partial charge in [0.2, 0.25) is 5.91 Å². The van der Waals surface area contributed by atoms with Crippen LogP contribution in [0.3, 0.4) is 0 Å². The van der Waals surface area contributed by atoms with Gasteiger partial charge in [0, 0.05) is 25.2 Å². The molecule has 0 saturated carbocycles. The van der Waals surface area contributed by atoms with Gasteiger partial charge in [-0.15, -0.1) is 0 Å². The lowest BCUT2D eigenvalue weighted by atomic mass is 9.85. The highest BCUT2D eigenvalue weighted by Crippen LogP contribution is 2.26. The van der Waals surface area contributed by atoms with E-state index in [-0.39, 0.29) is 11.9 Å². The molecule has 0 aromatic heterocycles. The molecule has 1 aliphatic heterocycles. The van der Waals surface area contributed by atoms with Gasteiger partial charge in [-0.3, -0.25) is 9.69 Å². The maximum atomic E-state index is 11.8. The van der Waals surface area contributed by atoms with Crippen molar-refractivity contribution >= 4 is 5.91 Å². The second kappa shape index (κ2) is 6.36. The third-order valence-electron chi connectivity index (χ3n) is 3.48. The maximum Gasteiger partial charge on any atom is 0.234 e. The van der Waals surface area contributed by atoms with Crippen molar-refractivity contribution in [2.75, 3.05) is 19.6 Å². The summed E-state index contributed by atoms with van der Waals surface area (Å²) in [5.41, 5.74) is 5.83. The second-order valence-corrected chi connectivity index (χ2v) is 5.77. The number of nitrogens with two attached hydrogens (primary N) is 1. The minimum atomic E-state index is 0.111. The highest BCUT2D eigenvalue weighted by atomic mass is 16.2. The summed E-state index contributed by atoms with van der Waals surface area (Å²) < 4.78 is 0. The lowest BCUT2D eigenvalue weighted by Crippen LogP contribution is -2.54. The molecule has 0 bridgehead atoms. The number of carbonyl (C=O) groups excluding carboxylic acids is 1. The molecule has 3 unspecified atom stereocenters. The number of hydrogen-bond acceptors (Lipinski definition) is 3. The Labute approximate surface area is 105 Å². The molecular formula is C13H27N3O. The maximum absolute atomic E-state index is 11.8. The molecule has 1 saturated heterocycles. The number of hydrogen-bond donors (Lipinski definition) is 2. The highest BCUT2D eigenvalue weighted by molar-refractivity contribution is 5.78. The molecule has 4 nitrogen and oxygen atoms in total. The van der Waals surface area contributed by atoms with E-state index in [9.17, 15) is 4.79 Å². The Hall–Kier alpha value is -0.610. The standard InChI is InChI=1S/C13H27N3O/c1-9(2)15-13(17)8-16-7-10(3)5-11(4)12(16)6-14/h9-12H,5-8,14H2,1-4H3,(H,15,17). The van der Waals surface area contributed by atoms with Crippen LogP contribution in [0, 0.1) is 11.8 Å². The van der Waals surface area contributed by atoms with Crippen LogP contribution >= 0.6 is 0 Å². The summed E-state index contributed by atoms with van der Waals surface area (Å²) in [7, 11) is 0. The zero-order chi connectivity index (χ0) is 13.0. The van der Waals surface area contributed by atoms with Crippen LogP contribution in [-0.2, 0) is 4.79 Å². The molecule has 0 aromatic carbocycles. The van der Waals surface area contributed by atoms with Crippen LogP contribution in [0.1, 0.15) is 34.1 Å². The van der Waals surface area contributed by atoms with Crippen LogP contribution in [0.15, 0.2) is 0 Å². The summed E-state index contributed by atoms with van der Waals surface area (Å²) in [6, 6.07) is 0.558. The van der Waals surface area contributed by atoms with Gasteiger partial charge in [0.15, 0.2) is 0 Å². The van der Waals surface area contributed by atoms with Crippen molar-refractivity contribution < 1.29 is 4.79 Å². The van der Waals surface area contributed by atoms with Gasteiger partial charge in [-0.25, -0.2) is 0 Å². The molecule has 100 valence electrons. The molecule has 0 radical (unpaired) electrons. The minimum absolute atomic E-state index is 0.111. The second-order valence-electron chi connectivity index (χ2n) is 5.77. The van der Waals surface area contributed by atoms with Crippen molar-refractivity contribution in [3.63, 3.8) is 0 Å². The summed E-state index contributed by atoms with van der Waals surface area (Å²) in [6.45, 7) is 10.6. The normalized spacial score (nSPS) is 30.6. The zero-order valence-electron chi connectivity index (χ0n) is 11.6. The molecule has 3 N–H and O–H groups in total. The van der Waals surface area contributed by atoms with Crippen LogP contribution in [0.5, 0.6) is 0 Å². The SMILES string of the molecule is CC1CC(C)C(CN)N(CC(=O)NC(C)C)C1. The zero-order valence-corrected chi connectivity index (χ0v) is 11.6. The molecule has 0 aromatic rings. The molecule has 0 spiro atoms. The number of nitrogens with zero attached hydrogens (tertiary/aromatic N) is 1. The number of piperidine rings is 1. The quantitative estimate of drug-likeness (QED) is 0.766. The Balaban J connectivity index is 2.56. The average Bonchev–Trinajstić information content (AvgIpc) is 2.15. The van der Waals surface area contributed by atoms with Gasteiger partial charge in [-0.2, -0.15) is 0 Å². The van der Waals surface area contributed by atoms with Crippen molar-refractivity contribution in [1.82, 2.24) is 10.2 Å². The van der Waals surface area contributed by atoms with E-state index in [0.717, 1.165) is 6.54 Å². The smallest absolute Gasteiger partial charge is 0.234 e. The topological polar surface area (TPSA) is 58.4 Å². The number of nitrogens with one attached hydrogen (secondary N) is 1. The van der Waals surface area contributed by atoms with Gasteiger partial charge >= 0.3 is 0 Å². The van der Waals surface area contributed by atoms with E-state index < -0.39 is 0 Å². The van der Waals surface area contributed by atoms with Gasteiger partial charge < -0.3 is 11.1 Å². The van der Waals surface area contributed by atoms with Gasteiger partial charge in [-0.05, 0) is 32.1 Å². The average molecular weight is 241 g/mol. The molecule has 3 atom stereocenters. The summed E-state index contributed by atoms with van der Waals surface area (Å²) in [5, 5.41) is 2.94. The summed E-state index contributed by atoms with van der Waals surface area (Å²) in [4.78, 5) is 14.0. The molecule has 1 rings (SSSR count). The van der Waals surface area contributed by atoms with Crippen molar-refractivity contribution in [3.8, 4) is 0 Å². The summed E-state index contributed by atoms with van der Waals surface area (Å²) in [6.07, 6.45) is 1.21. The van der Waals surface area contributed by atoms with Crippen molar-refractivity contribution in [3.05, 3.63) is 0 Å². The number of amides is 1. The first-order chi connectivity index (χ1) is 7.93. The van der Waals surface area contributed by atoms with Gasteiger partial charge in [0.1, 0.15) is 0 Å².